The molecular weight excluding hydrogens is 369 g/mol. The molecule has 0 spiro atoms. The average molecular weight is 384 g/mol. The number of anilines is 1. The van der Waals surface area contributed by atoms with E-state index in [9.17, 15) is 4.79 Å². The Morgan fingerprint density at radius 1 is 1.15 bits per heavy atom. The van der Waals surface area contributed by atoms with Crippen molar-refractivity contribution in [1.29, 1.82) is 0 Å². The topological polar surface area (TPSA) is 54.9 Å². The number of benzene rings is 2. The lowest BCUT2D eigenvalue weighted by atomic mass is 9.78. The smallest absolute Gasteiger partial charge is 0.229 e. The van der Waals surface area contributed by atoms with Gasteiger partial charge in [0.2, 0.25) is 11.9 Å². The second kappa shape index (κ2) is 6.71. The van der Waals surface area contributed by atoms with Crippen molar-refractivity contribution in [1.82, 2.24) is 9.97 Å². The number of amides is 1. The number of carbonyl (C=O) groups excluding carboxylic acids is 1. The highest BCUT2D eigenvalue weighted by molar-refractivity contribution is 6.42. The Labute approximate surface area is 161 Å². The summed E-state index contributed by atoms with van der Waals surface area (Å²) in [6, 6.07) is 13.9. The van der Waals surface area contributed by atoms with Crippen LogP contribution in [-0.4, -0.2) is 15.9 Å². The van der Waals surface area contributed by atoms with Crippen LogP contribution in [0.5, 0.6) is 0 Å². The third kappa shape index (κ3) is 3.06. The molecule has 1 aliphatic carbocycles. The van der Waals surface area contributed by atoms with Crippen LogP contribution in [-0.2, 0) is 11.2 Å². The van der Waals surface area contributed by atoms with Crippen LogP contribution in [0.1, 0.15) is 29.5 Å². The fourth-order valence-electron chi connectivity index (χ4n) is 3.38. The molecule has 26 heavy (non-hydrogen) atoms. The molecule has 4 rings (SSSR count). The Morgan fingerprint density at radius 2 is 1.96 bits per heavy atom. The van der Waals surface area contributed by atoms with E-state index in [-0.39, 0.29) is 11.8 Å². The Kier molecular flexibility index (Phi) is 4.39. The number of fused-ring (bicyclic) bond motifs is 3. The molecule has 0 fully saturated rings. The summed E-state index contributed by atoms with van der Waals surface area (Å²) in [7, 11) is 0. The summed E-state index contributed by atoms with van der Waals surface area (Å²) in [5.74, 6) is 0.269. The number of aromatic nitrogens is 2. The molecule has 0 saturated carbocycles. The minimum atomic E-state index is -0.192. The lowest BCUT2D eigenvalue weighted by molar-refractivity contribution is -0.114. The maximum absolute atomic E-state index is 11.3. The van der Waals surface area contributed by atoms with Crippen molar-refractivity contribution < 1.29 is 4.79 Å². The molecule has 0 bridgehead atoms. The van der Waals surface area contributed by atoms with E-state index in [4.69, 9.17) is 23.2 Å². The van der Waals surface area contributed by atoms with E-state index >= 15 is 0 Å². The highest BCUT2D eigenvalue weighted by Crippen LogP contribution is 2.42. The summed E-state index contributed by atoms with van der Waals surface area (Å²) in [6.45, 7) is 1.44. The number of halogens is 2. The maximum atomic E-state index is 11.3. The van der Waals surface area contributed by atoms with E-state index in [0.29, 0.717) is 16.0 Å². The summed E-state index contributed by atoms with van der Waals surface area (Å²) in [5, 5.41) is 3.74. The zero-order valence-corrected chi connectivity index (χ0v) is 15.5. The quantitative estimate of drug-likeness (QED) is 0.669. The minimum absolute atomic E-state index is 0.142. The molecule has 1 unspecified atom stereocenters. The van der Waals surface area contributed by atoms with Crippen molar-refractivity contribution in [2.24, 2.45) is 0 Å². The van der Waals surface area contributed by atoms with Crippen LogP contribution in [0.4, 0.5) is 5.95 Å². The highest BCUT2D eigenvalue weighted by Gasteiger charge is 2.27. The van der Waals surface area contributed by atoms with Crippen LogP contribution in [0.25, 0.3) is 11.3 Å². The lowest BCUT2D eigenvalue weighted by Crippen LogP contribution is -2.16. The molecule has 3 aromatic rings. The molecule has 0 saturated heterocycles. The fraction of sp³-hybridized carbons (Fsp3) is 0.150. The van der Waals surface area contributed by atoms with E-state index < -0.39 is 0 Å². The van der Waals surface area contributed by atoms with Gasteiger partial charge < -0.3 is 0 Å². The van der Waals surface area contributed by atoms with E-state index in [1.54, 1.807) is 6.20 Å². The van der Waals surface area contributed by atoms with Gasteiger partial charge in [0.05, 0.1) is 15.7 Å². The number of hydrogen-bond donors (Lipinski definition) is 1. The molecule has 130 valence electrons. The molecule has 0 aliphatic heterocycles. The Bertz CT molecular complexity index is 1020. The van der Waals surface area contributed by atoms with Gasteiger partial charge in [-0.1, -0.05) is 53.5 Å². The summed E-state index contributed by atoms with van der Waals surface area (Å²) in [5.41, 5.74) is 5.21. The Morgan fingerprint density at radius 3 is 2.73 bits per heavy atom. The number of nitrogens with one attached hydrogen (secondary N) is 1. The van der Waals surface area contributed by atoms with Crippen LogP contribution >= 0.6 is 23.2 Å². The summed E-state index contributed by atoms with van der Waals surface area (Å²) >= 11 is 12.3. The van der Waals surface area contributed by atoms with Crippen molar-refractivity contribution in [3.05, 3.63) is 75.4 Å². The van der Waals surface area contributed by atoms with Gasteiger partial charge in [0.1, 0.15) is 0 Å². The lowest BCUT2D eigenvalue weighted by Gasteiger charge is -2.27. The Balaban J connectivity index is 1.83. The number of nitrogens with zero attached hydrogens (tertiary/aromatic N) is 2. The number of carbonyl (C=O) groups is 1. The first-order chi connectivity index (χ1) is 12.5. The van der Waals surface area contributed by atoms with Gasteiger partial charge >= 0.3 is 0 Å². The van der Waals surface area contributed by atoms with Crippen molar-refractivity contribution in [3.8, 4) is 11.3 Å². The second-order valence-electron chi connectivity index (χ2n) is 6.27. The van der Waals surface area contributed by atoms with Crippen LogP contribution in [0.2, 0.25) is 10.0 Å². The van der Waals surface area contributed by atoms with Crippen LogP contribution in [0.15, 0.2) is 48.7 Å². The van der Waals surface area contributed by atoms with Gasteiger partial charge in [-0.05, 0) is 35.2 Å². The van der Waals surface area contributed by atoms with Crippen molar-refractivity contribution in [2.75, 3.05) is 5.32 Å². The molecule has 1 aromatic heterocycles. The molecule has 1 heterocycles. The van der Waals surface area contributed by atoms with Crippen LogP contribution in [0, 0.1) is 0 Å². The third-order valence-electron chi connectivity index (χ3n) is 4.51. The van der Waals surface area contributed by atoms with Gasteiger partial charge in [-0.25, -0.2) is 9.97 Å². The molecular formula is C20H15Cl2N3O. The first-order valence-electron chi connectivity index (χ1n) is 8.20. The molecule has 0 radical (unpaired) electrons. The van der Waals surface area contributed by atoms with Gasteiger partial charge in [0.25, 0.3) is 0 Å². The van der Waals surface area contributed by atoms with Gasteiger partial charge in [-0.3, -0.25) is 10.1 Å². The zero-order chi connectivity index (χ0) is 18.3. The van der Waals surface area contributed by atoms with E-state index in [1.807, 2.05) is 36.4 Å². The predicted octanol–water partition coefficient (Wildman–Crippen LogP) is 5.10. The molecule has 1 atom stereocenters. The summed E-state index contributed by atoms with van der Waals surface area (Å²) in [6.07, 6.45) is 2.54. The summed E-state index contributed by atoms with van der Waals surface area (Å²) < 4.78 is 0. The highest BCUT2D eigenvalue weighted by atomic mass is 35.5. The number of hydrogen-bond acceptors (Lipinski definition) is 3. The maximum Gasteiger partial charge on any atom is 0.229 e. The molecule has 1 aliphatic rings. The minimum Gasteiger partial charge on any atom is -0.295 e. The van der Waals surface area contributed by atoms with Gasteiger partial charge in [0, 0.05) is 24.6 Å². The second-order valence-corrected chi connectivity index (χ2v) is 7.08. The largest absolute Gasteiger partial charge is 0.295 e. The van der Waals surface area contributed by atoms with Crippen molar-refractivity contribution >= 4 is 35.1 Å². The van der Waals surface area contributed by atoms with Crippen LogP contribution in [0.3, 0.4) is 0 Å². The first kappa shape index (κ1) is 17.0. The monoisotopic (exact) mass is 383 g/mol. The van der Waals surface area contributed by atoms with Crippen molar-refractivity contribution in [2.45, 2.75) is 19.3 Å². The zero-order valence-electron chi connectivity index (χ0n) is 14.0. The SMILES string of the molecule is CC(=O)Nc1ncc2c(n1)-c1ccccc1C(c1ccc(Cl)c(Cl)c1)C2. The molecule has 1 N–H and O–H groups in total. The van der Waals surface area contributed by atoms with E-state index in [1.165, 1.54) is 12.5 Å². The average Bonchev–Trinajstić information content (AvgIpc) is 2.63. The molecule has 4 nitrogen and oxygen atoms in total. The van der Waals surface area contributed by atoms with E-state index in [2.05, 4.69) is 21.4 Å². The predicted molar refractivity (Wildman–Crippen MR) is 104 cm³/mol. The van der Waals surface area contributed by atoms with Crippen molar-refractivity contribution in [3.63, 3.8) is 0 Å². The number of rotatable bonds is 2. The summed E-state index contributed by atoms with van der Waals surface area (Å²) in [4.78, 5) is 20.1. The molecule has 2 aromatic carbocycles. The fourth-order valence-corrected chi connectivity index (χ4v) is 3.69. The normalized spacial score (nSPS) is 15.1. The third-order valence-corrected chi connectivity index (χ3v) is 5.25. The standard InChI is InChI=1S/C20H15Cl2N3O/c1-11(26)24-20-23-10-13-8-16(12-6-7-17(21)18(22)9-12)14-4-2-3-5-15(14)19(13)25-20/h2-7,9-10,16H,8H2,1H3,(H,23,24,25,26). The van der Waals surface area contributed by atoms with Crippen LogP contribution < -0.4 is 5.32 Å². The van der Waals surface area contributed by atoms with E-state index in [0.717, 1.165) is 28.8 Å². The van der Waals surface area contributed by atoms with Gasteiger partial charge in [0.15, 0.2) is 0 Å². The molecule has 1 amide bonds. The van der Waals surface area contributed by atoms with Gasteiger partial charge in [-0.15, -0.1) is 0 Å². The molecule has 6 heteroatoms. The Hall–Kier alpha value is -2.43. The first-order valence-corrected chi connectivity index (χ1v) is 8.96. The van der Waals surface area contributed by atoms with Gasteiger partial charge in [-0.2, -0.15) is 0 Å².